The quantitative estimate of drug-likeness (QED) is 0.665. The third kappa shape index (κ3) is 4.31. The predicted molar refractivity (Wildman–Crippen MR) is 71.7 cm³/mol. The highest BCUT2D eigenvalue weighted by molar-refractivity contribution is 9.10. The van der Waals surface area contributed by atoms with Crippen LogP contribution in [0, 0.1) is 11.7 Å². The van der Waals surface area contributed by atoms with Gasteiger partial charge in [0.25, 0.3) is 0 Å². The van der Waals surface area contributed by atoms with E-state index in [1.165, 1.54) is 13.2 Å². The molecule has 0 heterocycles. The molecule has 1 aromatic carbocycles. The minimum absolute atomic E-state index is 0.0254. The van der Waals surface area contributed by atoms with Crippen LogP contribution in [0.3, 0.4) is 0 Å². The summed E-state index contributed by atoms with van der Waals surface area (Å²) >= 11 is 3.23. The second-order valence-corrected chi connectivity index (χ2v) is 4.85. The average molecular weight is 332 g/mol. The Kier molecular flexibility index (Phi) is 5.95. The minimum Gasteiger partial charge on any atom is -0.468 e. The van der Waals surface area contributed by atoms with Gasteiger partial charge in [-0.05, 0) is 24.6 Å². The SMILES string of the molecule is CCC(C(=O)NCc1cc(Br)ccc1F)C(=O)OC. The van der Waals surface area contributed by atoms with Crippen molar-refractivity contribution >= 4 is 27.8 Å². The van der Waals surface area contributed by atoms with E-state index in [1.54, 1.807) is 19.1 Å². The largest absolute Gasteiger partial charge is 0.468 e. The number of carbonyl (C=O) groups is 2. The van der Waals surface area contributed by atoms with Crippen LogP contribution >= 0.6 is 15.9 Å². The van der Waals surface area contributed by atoms with Crippen LogP contribution in [0.15, 0.2) is 22.7 Å². The van der Waals surface area contributed by atoms with E-state index in [2.05, 4.69) is 26.0 Å². The van der Waals surface area contributed by atoms with Crippen molar-refractivity contribution in [3.05, 3.63) is 34.1 Å². The normalized spacial score (nSPS) is 11.8. The van der Waals surface area contributed by atoms with Crippen LogP contribution in [0.2, 0.25) is 0 Å². The molecule has 0 fully saturated rings. The molecule has 0 aliphatic carbocycles. The highest BCUT2D eigenvalue weighted by Crippen LogP contribution is 2.15. The Balaban J connectivity index is 2.67. The van der Waals surface area contributed by atoms with Crippen LogP contribution in [0.5, 0.6) is 0 Å². The lowest BCUT2D eigenvalue weighted by Crippen LogP contribution is -2.35. The van der Waals surface area contributed by atoms with Gasteiger partial charge in [-0.1, -0.05) is 22.9 Å². The smallest absolute Gasteiger partial charge is 0.318 e. The van der Waals surface area contributed by atoms with Crippen LogP contribution in [-0.4, -0.2) is 19.0 Å². The number of ether oxygens (including phenoxy) is 1. The van der Waals surface area contributed by atoms with Gasteiger partial charge in [-0.25, -0.2) is 4.39 Å². The molecule has 0 saturated heterocycles. The lowest BCUT2D eigenvalue weighted by molar-refractivity contribution is -0.150. The lowest BCUT2D eigenvalue weighted by Gasteiger charge is -2.13. The molecular formula is C13H15BrFNO3. The molecule has 0 bridgehead atoms. The molecule has 0 aliphatic heterocycles. The second-order valence-electron chi connectivity index (χ2n) is 3.94. The number of carbonyl (C=O) groups excluding carboxylic acids is 2. The van der Waals surface area contributed by atoms with Gasteiger partial charge in [0.05, 0.1) is 7.11 Å². The highest BCUT2D eigenvalue weighted by Gasteiger charge is 2.25. The topological polar surface area (TPSA) is 55.4 Å². The molecule has 0 aliphatic rings. The number of amides is 1. The van der Waals surface area contributed by atoms with Crippen molar-refractivity contribution < 1.29 is 18.7 Å². The van der Waals surface area contributed by atoms with Gasteiger partial charge >= 0.3 is 5.97 Å². The van der Waals surface area contributed by atoms with E-state index >= 15 is 0 Å². The van der Waals surface area contributed by atoms with Crippen LogP contribution in [-0.2, 0) is 20.9 Å². The fraction of sp³-hybridized carbons (Fsp3) is 0.385. The maximum absolute atomic E-state index is 13.5. The van der Waals surface area contributed by atoms with E-state index in [9.17, 15) is 14.0 Å². The summed E-state index contributed by atoms with van der Waals surface area (Å²) in [7, 11) is 1.23. The van der Waals surface area contributed by atoms with E-state index in [-0.39, 0.29) is 6.54 Å². The van der Waals surface area contributed by atoms with Gasteiger partial charge < -0.3 is 10.1 Å². The number of methoxy groups -OCH3 is 1. The van der Waals surface area contributed by atoms with Crippen LogP contribution in [0.25, 0.3) is 0 Å². The number of halogens is 2. The van der Waals surface area contributed by atoms with Crippen molar-refractivity contribution in [3.63, 3.8) is 0 Å². The molecule has 1 N–H and O–H groups in total. The third-order valence-electron chi connectivity index (χ3n) is 2.67. The molecule has 6 heteroatoms. The highest BCUT2D eigenvalue weighted by atomic mass is 79.9. The first-order chi connectivity index (χ1) is 8.99. The van der Waals surface area contributed by atoms with Crippen molar-refractivity contribution in [1.29, 1.82) is 0 Å². The van der Waals surface area contributed by atoms with Gasteiger partial charge in [-0.3, -0.25) is 9.59 Å². The summed E-state index contributed by atoms with van der Waals surface area (Å²) in [4.78, 5) is 23.2. The lowest BCUT2D eigenvalue weighted by atomic mass is 10.1. The molecular weight excluding hydrogens is 317 g/mol. The summed E-state index contributed by atoms with van der Waals surface area (Å²) in [5, 5.41) is 2.53. The molecule has 19 heavy (non-hydrogen) atoms. The van der Waals surface area contributed by atoms with Crippen molar-refractivity contribution in [3.8, 4) is 0 Å². The number of rotatable bonds is 5. The van der Waals surface area contributed by atoms with Gasteiger partial charge in [0.15, 0.2) is 0 Å². The molecule has 1 rings (SSSR count). The van der Waals surface area contributed by atoms with Crippen molar-refractivity contribution in [2.75, 3.05) is 7.11 Å². The molecule has 0 spiro atoms. The molecule has 4 nitrogen and oxygen atoms in total. The van der Waals surface area contributed by atoms with Gasteiger partial charge in [0, 0.05) is 16.6 Å². The fourth-order valence-electron chi connectivity index (χ4n) is 1.59. The van der Waals surface area contributed by atoms with E-state index in [1.807, 2.05) is 0 Å². The number of hydrogen-bond donors (Lipinski definition) is 1. The molecule has 1 atom stereocenters. The van der Waals surface area contributed by atoms with E-state index in [0.717, 1.165) is 4.47 Å². The molecule has 1 unspecified atom stereocenters. The number of hydrogen-bond acceptors (Lipinski definition) is 3. The molecule has 104 valence electrons. The summed E-state index contributed by atoms with van der Waals surface area (Å²) < 4.78 is 18.7. The van der Waals surface area contributed by atoms with Crippen molar-refractivity contribution in [2.24, 2.45) is 5.92 Å². The van der Waals surface area contributed by atoms with Crippen LogP contribution in [0.4, 0.5) is 4.39 Å². The Morgan fingerprint density at radius 2 is 2.16 bits per heavy atom. The van der Waals surface area contributed by atoms with Crippen molar-refractivity contribution in [2.45, 2.75) is 19.9 Å². The Bertz CT molecular complexity index is 479. The Morgan fingerprint density at radius 3 is 2.74 bits per heavy atom. The number of benzene rings is 1. The van der Waals surface area contributed by atoms with Crippen LogP contribution in [0.1, 0.15) is 18.9 Å². The van der Waals surface area contributed by atoms with Gasteiger partial charge in [-0.15, -0.1) is 0 Å². The standard InChI is InChI=1S/C13H15BrFNO3/c1-3-10(13(18)19-2)12(17)16-7-8-6-9(14)4-5-11(8)15/h4-6,10H,3,7H2,1-2H3,(H,16,17). The molecule has 0 aromatic heterocycles. The second kappa shape index (κ2) is 7.23. The number of nitrogens with one attached hydrogen (secondary N) is 1. The number of esters is 1. The van der Waals surface area contributed by atoms with E-state index in [0.29, 0.717) is 12.0 Å². The van der Waals surface area contributed by atoms with Crippen molar-refractivity contribution in [1.82, 2.24) is 5.32 Å². The first-order valence-electron chi connectivity index (χ1n) is 5.79. The zero-order valence-corrected chi connectivity index (χ0v) is 12.3. The summed E-state index contributed by atoms with van der Waals surface area (Å²) in [6, 6.07) is 4.46. The van der Waals surface area contributed by atoms with Gasteiger partial charge in [0.1, 0.15) is 11.7 Å². The predicted octanol–water partition coefficient (Wildman–Crippen LogP) is 2.40. The third-order valence-corrected chi connectivity index (χ3v) is 3.16. The molecule has 0 saturated carbocycles. The molecule has 0 radical (unpaired) electrons. The monoisotopic (exact) mass is 331 g/mol. The summed E-state index contributed by atoms with van der Waals surface area (Å²) in [6.45, 7) is 1.73. The van der Waals surface area contributed by atoms with Gasteiger partial charge in [-0.2, -0.15) is 0 Å². The molecule has 1 aromatic rings. The zero-order chi connectivity index (χ0) is 14.4. The minimum atomic E-state index is -0.861. The Labute approximate surface area is 119 Å². The maximum Gasteiger partial charge on any atom is 0.318 e. The fourth-order valence-corrected chi connectivity index (χ4v) is 1.99. The van der Waals surface area contributed by atoms with Crippen LogP contribution < -0.4 is 5.32 Å². The first kappa shape index (κ1) is 15.6. The van der Waals surface area contributed by atoms with Gasteiger partial charge in [0.2, 0.25) is 5.91 Å². The summed E-state index contributed by atoms with van der Waals surface area (Å²) in [5.74, 6) is -2.32. The summed E-state index contributed by atoms with van der Waals surface area (Å²) in [6.07, 6.45) is 0.333. The average Bonchev–Trinajstić information content (AvgIpc) is 2.40. The maximum atomic E-state index is 13.5. The Morgan fingerprint density at radius 1 is 1.47 bits per heavy atom. The van der Waals surface area contributed by atoms with E-state index < -0.39 is 23.6 Å². The summed E-state index contributed by atoms with van der Waals surface area (Å²) in [5.41, 5.74) is 0.349. The first-order valence-corrected chi connectivity index (χ1v) is 6.58. The Hall–Kier alpha value is -1.43. The zero-order valence-electron chi connectivity index (χ0n) is 10.7. The molecule has 1 amide bonds. The van der Waals surface area contributed by atoms with E-state index in [4.69, 9.17) is 0 Å².